The fourth-order valence-electron chi connectivity index (χ4n) is 6.91. The number of esters is 2. The van der Waals surface area contributed by atoms with Crippen LogP contribution in [0.4, 0.5) is 0 Å². The number of carbonyl (C=O) groups excluding carboxylic acids is 2. The maximum atomic E-state index is 12.6. The van der Waals surface area contributed by atoms with Crippen LogP contribution in [0.1, 0.15) is 233 Å². The summed E-state index contributed by atoms with van der Waals surface area (Å²) in [6, 6.07) is 0. The minimum atomic E-state index is -4.29. The molecule has 0 spiro atoms. The first-order valence-electron chi connectivity index (χ1n) is 25.1. The zero-order valence-corrected chi connectivity index (χ0v) is 40.5. The molecule has 61 heavy (non-hydrogen) atoms. The average molecular weight is 877 g/mol. The van der Waals surface area contributed by atoms with E-state index in [0.717, 1.165) is 70.6 Å². The molecule has 0 aliphatic rings. The van der Waals surface area contributed by atoms with Gasteiger partial charge in [0.1, 0.15) is 6.61 Å². The van der Waals surface area contributed by atoms with Crippen LogP contribution in [0, 0.1) is 0 Å². The van der Waals surface area contributed by atoms with E-state index in [1.165, 1.54) is 122 Å². The quantitative estimate of drug-likeness (QED) is 0.0279. The Morgan fingerprint density at radius 2 is 0.836 bits per heavy atom. The predicted octanol–water partition coefficient (Wildman–Crippen LogP) is 16.3. The predicted molar refractivity (Wildman–Crippen MR) is 258 cm³/mol. The highest BCUT2D eigenvalue weighted by Crippen LogP contribution is 2.43. The molecule has 9 heteroatoms. The molecule has 8 nitrogen and oxygen atoms in total. The lowest BCUT2D eigenvalue weighted by Crippen LogP contribution is -2.29. The van der Waals surface area contributed by atoms with Crippen molar-refractivity contribution >= 4 is 19.8 Å². The molecule has 0 bridgehead atoms. The maximum absolute atomic E-state index is 12.6. The molecule has 2 atom stereocenters. The summed E-state index contributed by atoms with van der Waals surface area (Å²) in [6.07, 6.45) is 58.5. The van der Waals surface area contributed by atoms with Crippen molar-refractivity contribution in [2.45, 2.75) is 239 Å². The number of rotatable bonds is 46. The van der Waals surface area contributed by atoms with Gasteiger partial charge in [-0.1, -0.05) is 197 Å². The van der Waals surface area contributed by atoms with Crippen LogP contribution in [-0.2, 0) is 32.7 Å². The van der Waals surface area contributed by atoms with E-state index in [-0.39, 0.29) is 32.0 Å². The number of phosphoric ester groups is 1. The molecule has 2 unspecified atom stereocenters. The van der Waals surface area contributed by atoms with Crippen molar-refractivity contribution < 1.29 is 37.6 Å². The summed E-state index contributed by atoms with van der Waals surface area (Å²) < 4.78 is 32.8. The molecule has 0 aliphatic carbocycles. The molecule has 0 fully saturated rings. The van der Waals surface area contributed by atoms with E-state index in [1.807, 2.05) is 0 Å². The first kappa shape index (κ1) is 58.8. The van der Waals surface area contributed by atoms with Gasteiger partial charge in [-0.25, -0.2) is 4.57 Å². The highest BCUT2D eigenvalue weighted by molar-refractivity contribution is 7.47. The minimum absolute atomic E-state index is 0.00276. The summed E-state index contributed by atoms with van der Waals surface area (Å²) in [6.45, 7) is 5.38. The largest absolute Gasteiger partial charge is 0.472 e. The smallest absolute Gasteiger partial charge is 0.462 e. The molecule has 0 radical (unpaired) electrons. The number of hydrogen-bond acceptors (Lipinski definition) is 7. The molecular weight excluding hydrogens is 784 g/mol. The number of phosphoric acid groups is 1. The monoisotopic (exact) mass is 877 g/mol. The Hall–Kier alpha value is -2.25. The highest BCUT2D eigenvalue weighted by Gasteiger charge is 2.25. The Morgan fingerprint density at radius 3 is 1.28 bits per heavy atom. The van der Waals surface area contributed by atoms with Gasteiger partial charge in [-0.2, -0.15) is 0 Å². The first-order chi connectivity index (χ1) is 29.8. The molecular formula is C52H93O8P. The lowest BCUT2D eigenvalue weighted by atomic mass is 10.0. The third kappa shape index (κ3) is 47.1. The summed E-state index contributed by atoms with van der Waals surface area (Å²) in [5.74, 6) is -0.804. The molecule has 0 saturated heterocycles. The Kier molecular flexibility index (Phi) is 45.5. The van der Waals surface area contributed by atoms with Crippen LogP contribution < -0.4 is 0 Å². The van der Waals surface area contributed by atoms with E-state index in [2.05, 4.69) is 74.6 Å². The second kappa shape index (κ2) is 47.2. The van der Waals surface area contributed by atoms with Gasteiger partial charge in [0.25, 0.3) is 0 Å². The minimum Gasteiger partial charge on any atom is -0.462 e. The number of hydrogen-bond donors (Lipinski definition) is 1. The van der Waals surface area contributed by atoms with Crippen LogP contribution in [0.3, 0.4) is 0 Å². The van der Waals surface area contributed by atoms with Gasteiger partial charge in [0.15, 0.2) is 6.10 Å². The van der Waals surface area contributed by atoms with Gasteiger partial charge in [0.05, 0.1) is 13.2 Å². The zero-order chi connectivity index (χ0) is 44.6. The SMILES string of the molecule is CC/C=C\C/C=C\C/C=C\C/C=C\CCCCCCCCCCCCC(=O)OC(COC(=O)CCCCCCCCC/C=C\CCCCCCCCC)COP(=O)(O)OCC. The molecule has 0 heterocycles. The lowest BCUT2D eigenvalue weighted by molar-refractivity contribution is -0.161. The second-order valence-electron chi connectivity index (χ2n) is 16.4. The van der Waals surface area contributed by atoms with E-state index >= 15 is 0 Å². The van der Waals surface area contributed by atoms with Gasteiger partial charge in [-0.15, -0.1) is 0 Å². The van der Waals surface area contributed by atoms with E-state index < -0.39 is 26.5 Å². The van der Waals surface area contributed by atoms with Crippen molar-refractivity contribution in [2.75, 3.05) is 19.8 Å². The Balaban J connectivity index is 4.01. The average Bonchev–Trinajstić information content (AvgIpc) is 3.24. The topological polar surface area (TPSA) is 108 Å². The van der Waals surface area contributed by atoms with Crippen LogP contribution >= 0.6 is 7.82 Å². The van der Waals surface area contributed by atoms with Crippen molar-refractivity contribution in [1.29, 1.82) is 0 Å². The van der Waals surface area contributed by atoms with E-state index in [0.29, 0.717) is 6.42 Å². The summed E-state index contributed by atoms with van der Waals surface area (Å²) in [4.78, 5) is 34.9. The molecule has 0 amide bonds. The van der Waals surface area contributed by atoms with Crippen molar-refractivity contribution in [3.05, 3.63) is 60.8 Å². The van der Waals surface area contributed by atoms with Gasteiger partial charge < -0.3 is 14.4 Å². The van der Waals surface area contributed by atoms with Crippen molar-refractivity contribution in [1.82, 2.24) is 0 Å². The third-order valence-corrected chi connectivity index (χ3v) is 11.6. The zero-order valence-electron chi connectivity index (χ0n) is 39.6. The molecule has 0 aromatic rings. The van der Waals surface area contributed by atoms with Crippen LogP contribution in [-0.4, -0.2) is 42.8 Å². The standard InChI is InChI=1S/C52H93O8P/c1-4-7-9-11-13-15-17-19-21-23-25-26-27-28-29-31-33-35-37-39-41-43-45-47-52(54)60-50(49-59-61(55,56)58-6-3)48-57-51(53)46-44-42-40-38-36-34-32-30-24-22-20-18-16-14-12-10-8-5-2/h7,9,13,15,19,21-22,24-26,50H,4-6,8,10-12,14,16-18,20,23,27-49H2,1-3H3,(H,55,56)/b9-7-,15-13-,21-19-,24-22-,26-25-. The van der Waals surface area contributed by atoms with Gasteiger partial charge in [-0.05, 0) is 84.0 Å². The number of allylic oxidation sites excluding steroid dienone is 10. The van der Waals surface area contributed by atoms with Crippen LogP contribution in [0.25, 0.3) is 0 Å². The van der Waals surface area contributed by atoms with Crippen molar-refractivity contribution in [3.63, 3.8) is 0 Å². The second-order valence-corrected chi connectivity index (χ2v) is 17.9. The van der Waals surface area contributed by atoms with Crippen LogP contribution in [0.5, 0.6) is 0 Å². The molecule has 0 aromatic heterocycles. The van der Waals surface area contributed by atoms with Crippen LogP contribution in [0.2, 0.25) is 0 Å². The molecule has 0 aromatic carbocycles. The van der Waals surface area contributed by atoms with E-state index in [9.17, 15) is 19.0 Å². The summed E-state index contributed by atoms with van der Waals surface area (Å²) in [5, 5.41) is 0. The third-order valence-electron chi connectivity index (χ3n) is 10.6. The molecule has 0 saturated carbocycles. The number of carbonyl (C=O) groups is 2. The van der Waals surface area contributed by atoms with Gasteiger partial charge in [0, 0.05) is 12.8 Å². The normalized spacial score (nSPS) is 13.7. The van der Waals surface area contributed by atoms with Gasteiger partial charge in [-0.3, -0.25) is 18.6 Å². The molecule has 354 valence electrons. The summed E-state index contributed by atoms with van der Waals surface area (Å²) in [7, 11) is -4.29. The Bertz CT molecular complexity index is 1180. The molecule has 1 N–H and O–H groups in total. The van der Waals surface area contributed by atoms with Crippen molar-refractivity contribution in [2.24, 2.45) is 0 Å². The van der Waals surface area contributed by atoms with E-state index in [1.54, 1.807) is 6.92 Å². The van der Waals surface area contributed by atoms with E-state index in [4.69, 9.17) is 18.5 Å². The highest BCUT2D eigenvalue weighted by atomic mass is 31.2. The molecule has 0 rings (SSSR count). The van der Waals surface area contributed by atoms with Gasteiger partial charge in [0.2, 0.25) is 0 Å². The Labute approximate surface area is 375 Å². The number of unbranched alkanes of at least 4 members (excludes halogenated alkanes) is 24. The fourth-order valence-corrected chi connectivity index (χ4v) is 7.67. The molecule has 0 aliphatic heterocycles. The van der Waals surface area contributed by atoms with Crippen molar-refractivity contribution in [3.8, 4) is 0 Å². The Morgan fingerprint density at radius 1 is 0.459 bits per heavy atom. The first-order valence-corrected chi connectivity index (χ1v) is 26.6. The van der Waals surface area contributed by atoms with Gasteiger partial charge >= 0.3 is 19.8 Å². The summed E-state index contributed by atoms with van der Waals surface area (Å²) >= 11 is 0. The fraction of sp³-hybridized carbons (Fsp3) is 0.769. The maximum Gasteiger partial charge on any atom is 0.472 e. The van der Waals surface area contributed by atoms with Crippen LogP contribution in [0.15, 0.2) is 60.8 Å². The number of ether oxygens (including phenoxy) is 2. The lowest BCUT2D eigenvalue weighted by Gasteiger charge is -2.19. The summed E-state index contributed by atoms with van der Waals surface area (Å²) in [5.41, 5.74) is 0.